The summed E-state index contributed by atoms with van der Waals surface area (Å²) < 4.78 is 31.2. The third-order valence-electron chi connectivity index (χ3n) is 2.39. The van der Waals surface area contributed by atoms with Crippen LogP contribution < -0.4 is 10.5 Å². The van der Waals surface area contributed by atoms with Crippen LogP contribution in [0.2, 0.25) is 0 Å². The summed E-state index contributed by atoms with van der Waals surface area (Å²) in [6.07, 6.45) is 0.664. The lowest BCUT2D eigenvalue weighted by Crippen LogP contribution is -2.27. The van der Waals surface area contributed by atoms with E-state index in [9.17, 15) is 8.42 Å². The normalized spacial score (nSPS) is 11.6. The Morgan fingerprint density at radius 2 is 2.06 bits per heavy atom. The summed E-state index contributed by atoms with van der Waals surface area (Å²) in [5.74, 6) is -0.0890. The van der Waals surface area contributed by atoms with Crippen LogP contribution in [0, 0.1) is 0 Å². The van der Waals surface area contributed by atoms with Crippen LogP contribution >= 0.6 is 0 Å². The molecule has 1 aromatic carbocycles. The number of hydrogen-bond donors (Lipinski definition) is 2. The van der Waals surface area contributed by atoms with Crippen molar-refractivity contribution in [3.05, 3.63) is 29.8 Å². The van der Waals surface area contributed by atoms with Crippen LogP contribution in [-0.2, 0) is 20.5 Å². The number of nitrogens with one attached hydrogen (secondary N) is 1. The van der Waals surface area contributed by atoms with Gasteiger partial charge in [0.2, 0.25) is 10.0 Å². The Morgan fingerprint density at radius 3 is 2.72 bits per heavy atom. The van der Waals surface area contributed by atoms with Gasteiger partial charge in [0, 0.05) is 25.4 Å². The van der Waals surface area contributed by atoms with Crippen molar-refractivity contribution in [3.8, 4) is 0 Å². The number of ether oxygens (including phenoxy) is 1. The third-order valence-corrected chi connectivity index (χ3v) is 3.73. The lowest BCUT2D eigenvalue weighted by atomic mass is 10.2. The molecule has 1 aromatic rings. The fourth-order valence-corrected chi connectivity index (χ4v) is 2.70. The second kappa shape index (κ2) is 7.35. The first kappa shape index (κ1) is 14.9. The lowest BCUT2D eigenvalue weighted by molar-refractivity contribution is 0.146. The Balaban J connectivity index is 2.43. The second-order valence-electron chi connectivity index (χ2n) is 3.90. The van der Waals surface area contributed by atoms with E-state index in [2.05, 4.69) is 4.72 Å². The molecule has 0 saturated carbocycles. The molecular weight excluding hydrogens is 252 g/mol. The summed E-state index contributed by atoms with van der Waals surface area (Å²) in [5.41, 5.74) is 6.83. The number of para-hydroxylation sites is 1. The van der Waals surface area contributed by atoms with Crippen LogP contribution in [0.4, 0.5) is 5.69 Å². The average Bonchev–Trinajstić information content (AvgIpc) is 2.31. The largest absolute Gasteiger partial charge is 0.398 e. The number of anilines is 1. The molecule has 1 rings (SSSR count). The maximum atomic E-state index is 11.8. The summed E-state index contributed by atoms with van der Waals surface area (Å²) in [4.78, 5) is 0. The maximum absolute atomic E-state index is 11.8. The number of rotatable bonds is 8. The lowest BCUT2D eigenvalue weighted by Gasteiger charge is -2.08. The molecule has 0 aliphatic rings. The van der Waals surface area contributed by atoms with Crippen molar-refractivity contribution in [2.75, 3.05) is 25.5 Å². The van der Waals surface area contributed by atoms with E-state index >= 15 is 0 Å². The smallest absolute Gasteiger partial charge is 0.215 e. The first-order valence-electron chi connectivity index (χ1n) is 5.93. The molecular formula is C12H20N2O3S. The van der Waals surface area contributed by atoms with Gasteiger partial charge in [-0.2, -0.15) is 0 Å². The van der Waals surface area contributed by atoms with Crippen LogP contribution in [-0.4, -0.2) is 28.2 Å². The van der Waals surface area contributed by atoms with Gasteiger partial charge in [-0.1, -0.05) is 18.2 Å². The summed E-state index contributed by atoms with van der Waals surface area (Å²) in [6, 6.07) is 6.96. The highest BCUT2D eigenvalue weighted by Crippen LogP contribution is 2.13. The minimum atomic E-state index is -3.33. The van der Waals surface area contributed by atoms with Gasteiger partial charge in [-0.15, -0.1) is 0 Å². The number of hydrogen-bond acceptors (Lipinski definition) is 4. The van der Waals surface area contributed by atoms with E-state index in [0.717, 1.165) is 0 Å². The molecule has 5 nitrogen and oxygen atoms in total. The van der Waals surface area contributed by atoms with Crippen LogP contribution in [0.1, 0.15) is 18.9 Å². The quantitative estimate of drug-likeness (QED) is 0.549. The Bertz CT molecular complexity index is 460. The van der Waals surface area contributed by atoms with Gasteiger partial charge in [-0.25, -0.2) is 13.1 Å². The molecule has 0 bridgehead atoms. The summed E-state index contributed by atoms with van der Waals surface area (Å²) in [5, 5.41) is 0. The highest BCUT2D eigenvalue weighted by Gasteiger charge is 2.12. The van der Waals surface area contributed by atoms with E-state index in [1.165, 1.54) is 0 Å². The summed E-state index contributed by atoms with van der Waals surface area (Å²) in [6.45, 7) is 3.50. The fraction of sp³-hybridized carbons (Fsp3) is 0.500. The second-order valence-corrected chi connectivity index (χ2v) is 5.71. The van der Waals surface area contributed by atoms with Crippen LogP contribution in [0.15, 0.2) is 24.3 Å². The zero-order valence-corrected chi connectivity index (χ0v) is 11.4. The minimum absolute atomic E-state index is 0.0890. The van der Waals surface area contributed by atoms with Gasteiger partial charge in [-0.05, 0) is 25.0 Å². The van der Waals surface area contributed by atoms with Crippen molar-refractivity contribution in [2.24, 2.45) is 0 Å². The molecule has 0 aliphatic carbocycles. The third kappa shape index (κ3) is 5.48. The summed E-state index contributed by atoms with van der Waals surface area (Å²) >= 11 is 0. The van der Waals surface area contributed by atoms with Crippen LogP contribution in [0.3, 0.4) is 0 Å². The van der Waals surface area contributed by atoms with Gasteiger partial charge in [0.25, 0.3) is 0 Å². The molecule has 0 atom stereocenters. The molecule has 3 N–H and O–H groups in total. The number of benzene rings is 1. The summed E-state index contributed by atoms with van der Waals surface area (Å²) in [7, 11) is -3.33. The first-order chi connectivity index (χ1) is 8.55. The predicted molar refractivity (Wildman–Crippen MR) is 72.6 cm³/mol. The minimum Gasteiger partial charge on any atom is -0.398 e. The van der Waals surface area contributed by atoms with Gasteiger partial charge in [0.1, 0.15) is 0 Å². The molecule has 0 aromatic heterocycles. The maximum Gasteiger partial charge on any atom is 0.215 e. The molecule has 0 heterocycles. The molecule has 0 fully saturated rings. The van der Waals surface area contributed by atoms with Crippen molar-refractivity contribution < 1.29 is 13.2 Å². The molecule has 6 heteroatoms. The van der Waals surface area contributed by atoms with Gasteiger partial charge < -0.3 is 10.5 Å². The fourth-order valence-electron chi connectivity index (χ4n) is 1.47. The zero-order chi connectivity index (χ0) is 13.4. The molecule has 0 saturated heterocycles. The van der Waals surface area contributed by atoms with Crippen molar-refractivity contribution in [3.63, 3.8) is 0 Å². The molecule has 18 heavy (non-hydrogen) atoms. The Morgan fingerprint density at radius 1 is 1.33 bits per heavy atom. The Kier molecular flexibility index (Phi) is 6.11. The molecule has 0 unspecified atom stereocenters. The van der Waals surface area contributed by atoms with Gasteiger partial charge in [0.05, 0.1) is 5.75 Å². The molecule has 0 amide bonds. The van der Waals surface area contributed by atoms with E-state index in [-0.39, 0.29) is 5.75 Å². The van der Waals surface area contributed by atoms with Crippen molar-refractivity contribution in [1.29, 1.82) is 0 Å². The van der Waals surface area contributed by atoms with Crippen LogP contribution in [0.5, 0.6) is 0 Å². The van der Waals surface area contributed by atoms with E-state index in [1.807, 2.05) is 6.92 Å². The molecule has 0 spiro atoms. The Hall–Kier alpha value is -1.11. The standard InChI is InChI=1S/C12H20N2O3S/c1-2-17-9-5-8-14-18(15,16)10-11-6-3-4-7-12(11)13/h3-4,6-7,14H,2,5,8-10,13H2,1H3. The SMILES string of the molecule is CCOCCCNS(=O)(=O)Cc1ccccc1N. The predicted octanol–water partition coefficient (Wildman–Crippen LogP) is 1.11. The number of nitrogen functional groups attached to an aromatic ring is 1. The average molecular weight is 272 g/mol. The molecule has 102 valence electrons. The van der Waals surface area contributed by atoms with E-state index in [1.54, 1.807) is 24.3 Å². The highest BCUT2D eigenvalue weighted by atomic mass is 32.2. The van der Waals surface area contributed by atoms with Crippen molar-refractivity contribution in [1.82, 2.24) is 4.72 Å². The highest BCUT2D eigenvalue weighted by molar-refractivity contribution is 7.88. The Labute approximate surface area is 108 Å². The first-order valence-corrected chi connectivity index (χ1v) is 7.59. The molecule has 0 aliphatic heterocycles. The van der Waals surface area contributed by atoms with Crippen LogP contribution in [0.25, 0.3) is 0 Å². The zero-order valence-electron chi connectivity index (χ0n) is 10.6. The van der Waals surface area contributed by atoms with E-state index in [0.29, 0.717) is 37.4 Å². The van der Waals surface area contributed by atoms with Crippen molar-refractivity contribution in [2.45, 2.75) is 19.1 Å². The van der Waals surface area contributed by atoms with Gasteiger partial charge >= 0.3 is 0 Å². The van der Waals surface area contributed by atoms with Gasteiger partial charge in [-0.3, -0.25) is 0 Å². The number of nitrogens with two attached hydrogens (primary N) is 1. The monoisotopic (exact) mass is 272 g/mol. The van der Waals surface area contributed by atoms with E-state index in [4.69, 9.17) is 10.5 Å². The van der Waals surface area contributed by atoms with Crippen molar-refractivity contribution >= 4 is 15.7 Å². The van der Waals surface area contributed by atoms with E-state index < -0.39 is 10.0 Å². The van der Waals surface area contributed by atoms with Gasteiger partial charge in [0.15, 0.2) is 0 Å². The number of sulfonamides is 1. The molecule has 0 radical (unpaired) electrons. The topological polar surface area (TPSA) is 81.4 Å².